The Hall–Kier alpha value is -2.57. The lowest BCUT2D eigenvalue weighted by Crippen LogP contribution is -2.51. The van der Waals surface area contributed by atoms with Crippen molar-refractivity contribution in [2.75, 3.05) is 33.4 Å². The van der Waals surface area contributed by atoms with Gasteiger partial charge in [-0.25, -0.2) is 0 Å². The maximum atomic E-state index is 13.2. The Morgan fingerprint density at radius 2 is 1.85 bits per heavy atom. The highest BCUT2D eigenvalue weighted by Crippen LogP contribution is 2.29. The topological polar surface area (TPSA) is 59.1 Å². The van der Waals surface area contributed by atoms with Crippen molar-refractivity contribution in [3.63, 3.8) is 0 Å². The van der Waals surface area contributed by atoms with Crippen LogP contribution in [0.4, 0.5) is 0 Å². The van der Waals surface area contributed by atoms with E-state index in [0.29, 0.717) is 56.5 Å². The summed E-state index contributed by atoms with van der Waals surface area (Å²) in [5, 5.41) is 0.611. The molecule has 0 aromatic heterocycles. The number of ether oxygens (including phenoxy) is 2. The molecule has 0 bridgehead atoms. The first-order chi connectivity index (χ1) is 16.5. The molecular formula is C27H33ClN2O4. The Kier molecular flexibility index (Phi) is 8.46. The fraction of sp³-hybridized carbons (Fsp3) is 0.481. The molecule has 2 fully saturated rings. The molecule has 182 valence electrons. The number of likely N-dealkylation sites (tertiary alicyclic amines) is 1. The summed E-state index contributed by atoms with van der Waals surface area (Å²) in [5.74, 6) is 0.837. The van der Waals surface area contributed by atoms with Gasteiger partial charge in [0.05, 0.1) is 0 Å². The molecule has 2 aliphatic heterocycles. The Balaban J connectivity index is 1.45. The second-order valence-electron chi connectivity index (χ2n) is 9.27. The van der Waals surface area contributed by atoms with Gasteiger partial charge >= 0.3 is 0 Å². The maximum Gasteiger partial charge on any atom is 0.225 e. The number of hydrogen-bond acceptors (Lipinski definition) is 4. The van der Waals surface area contributed by atoms with Crippen molar-refractivity contribution in [3.05, 3.63) is 65.2 Å². The van der Waals surface area contributed by atoms with Gasteiger partial charge in [-0.15, -0.1) is 0 Å². The lowest BCUT2D eigenvalue weighted by Gasteiger charge is -2.40. The van der Waals surface area contributed by atoms with Crippen LogP contribution in [0, 0.1) is 11.8 Å². The molecule has 0 N–H and O–H groups in total. The molecular weight excluding hydrogens is 452 g/mol. The van der Waals surface area contributed by atoms with Crippen LogP contribution < -0.4 is 4.74 Å². The van der Waals surface area contributed by atoms with Gasteiger partial charge < -0.3 is 19.3 Å². The number of halogens is 1. The van der Waals surface area contributed by atoms with Gasteiger partial charge in [-0.1, -0.05) is 48.0 Å². The molecule has 2 aromatic carbocycles. The fourth-order valence-corrected chi connectivity index (χ4v) is 4.99. The summed E-state index contributed by atoms with van der Waals surface area (Å²) in [6.45, 7) is 2.98. The van der Waals surface area contributed by atoms with Gasteiger partial charge in [0.15, 0.2) is 0 Å². The summed E-state index contributed by atoms with van der Waals surface area (Å²) in [5.41, 5.74) is 1.09. The third-order valence-corrected chi connectivity index (χ3v) is 6.99. The maximum absolute atomic E-state index is 13.2. The largest absolute Gasteiger partial charge is 0.490 e. The van der Waals surface area contributed by atoms with Gasteiger partial charge in [-0.3, -0.25) is 9.59 Å². The van der Waals surface area contributed by atoms with Gasteiger partial charge in [-0.2, -0.15) is 0 Å². The smallest absolute Gasteiger partial charge is 0.225 e. The number of rotatable bonds is 7. The predicted molar refractivity (Wildman–Crippen MR) is 132 cm³/mol. The van der Waals surface area contributed by atoms with E-state index in [1.807, 2.05) is 60.5 Å². The van der Waals surface area contributed by atoms with Gasteiger partial charge in [0.25, 0.3) is 0 Å². The second-order valence-corrected chi connectivity index (χ2v) is 9.71. The molecule has 2 aromatic rings. The van der Waals surface area contributed by atoms with E-state index >= 15 is 0 Å². The van der Waals surface area contributed by atoms with Crippen LogP contribution >= 0.6 is 11.6 Å². The van der Waals surface area contributed by atoms with Crippen molar-refractivity contribution in [2.45, 2.75) is 38.3 Å². The molecule has 2 saturated heterocycles. The Morgan fingerprint density at radius 1 is 1.09 bits per heavy atom. The van der Waals surface area contributed by atoms with E-state index in [1.165, 1.54) is 0 Å². The lowest BCUT2D eigenvalue weighted by atomic mass is 9.89. The van der Waals surface area contributed by atoms with Crippen LogP contribution in [0.15, 0.2) is 54.6 Å². The summed E-state index contributed by atoms with van der Waals surface area (Å²) in [6.07, 6.45) is 2.38. The monoisotopic (exact) mass is 484 g/mol. The van der Waals surface area contributed by atoms with Gasteiger partial charge in [0.1, 0.15) is 11.9 Å². The molecule has 2 atom stereocenters. The van der Waals surface area contributed by atoms with Crippen molar-refractivity contribution in [2.24, 2.45) is 11.8 Å². The highest BCUT2D eigenvalue weighted by Gasteiger charge is 2.37. The number of carbonyl (C=O) groups excluding carboxylic acids is 2. The highest BCUT2D eigenvalue weighted by molar-refractivity contribution is 6.30. The van der Waals surface area contributed by atoms with Crippen molar-refractivity contribution in [3.8, 4) is 5.75 Å². The van der Waals surface area contributed by atoms with Crippen LogP contribution in [0.2, 0.25) is 5.02 Å². The molecule has 2 aliphatic rings. The first-order valence-electron chi connectivity index (χ1n) is 12.1. The number of amides is 2. The summed E-state index contributed by atoms with van der Waals surface area (Å²) in [4.78, 5) is 30.0. The van der Waals surface area contributed by atoms with Crippen molar-refractivity contribution in [1.29, 1.82) is 0 Å². The Labute approximate surface area is 206 Å². The first-order valence-corrected chi connectivity index (χ1v) is 12.4. The molecule has 0 aliphatic carbocycles. The zero-order chi connectivity index (χ0) is 23.9. The predicted octanol–water partition coefficient (Wildman–Crippen LogP) is 4.41. The van der Waals surface area contributed by atoms with Crippen molar-refractivity contribution in [1.82, 2.24) is 9.80 Å². The van der Waals surface area contributed by atoms with E-state index in [0.717, 1.165) is 18.4 Å². The van der Waals surface area contributed by atoms with Crippen LogP contribution in [0.25, 0.3) is 0 Å². The van der Waals surface area contributed by atoms with E-state index in [9.17, 15) is 9.59 Å². The molecule has 0 spiro atoms. The molecule has 2 heterocycles. The number of hydrogen-bond donors (Lipinski definition) is 0. The van der Waals surface area contributed by atoms with Crippen LogP contribution in [0.5, 0.6) is 5.75 Å². The average Bonchev–Trinajstić information content (AvgIpc) is 2.86. The Bertz CT molecular complexity index is 964. The third-order valence-electron chi connectivity index (χ3n) is 6.76. The molecule has 0 unspecified atom stereocenters. The standard InChI is InChI=1S/C27H33ClN2O4/c1-29(18-20-6-3-2-4-7-20)26(31)16-22-19-30(27(32)21-11-14-33-15-12-21)13-10-25(22)34-24-9-5-8-23(28)17-24/h2-9,17,21-22,25H,10-16,18-19H2,1H3/t22-,25-/m0/s1. The second kappa shape index (κ2) is 11.7. The van der Waals surface area contributed by atoms with Crippen LogP contribution in [-0.2, 0) is 20.9 Å². The minimum Gasteiger partial charge on any atom is -0.490 e. The van der Waals surface area contributed by atoms with E-state index in [4.69, 9.17) is 21.1 Å². The lowest BCUT2D eigenvalue weighted by molar-refractivity contribution is -0.144. The van der Waals surface area contributed by atoms with Gasteiger partial charge in [0, 0.05) is 69.6 Å². The number of nitrogens with zero attached hydrogens (tertiary/aromatic N) is 2. The van der Waals surface area contributed by atoms with Crippen molar-refractivity contribution < 1.29 is 19.1 Å². The van der Waals surface area contributed by atoms with E-state index in [2.05, 4.69) is 0 Å². The first kappa shape index (κ1) is 24.6. The van der Waals surface area contributed by atoms with Crippen molar-refractivity contribution >= 4 is 23.4 Å². The SMILES string of the molecule is CN(Cc1ccccc1)C(=O)C[C@H]1CN(C(=O)C2CCOCC2)CC[C@@H]1Oc1cccc(Cl)c1. The molecule has 0 saturated carbocycles. The minimum atomic E-state index is -0.161. The van der Waals surface area contributed by atoms with Gasteiger partial charge in [-0.05, 0) is 36.6 Å². The molecule has 2 amide bonds. The van der Waals surface area contributed by atoms with Crippen LogP contribution in [-0.4, -0.2) is 61.1 Å². The molecule has 7 heteroatoms. The number of carbonyl (C=O) groups is 2. The normalized spacial score (nSPS) is 21.2. The summed E-state index contributed by atoms with van der Waals surface area (Å²) >= 11 is 6.15. The fourth-order valence-electron chi connectivity index (χ4n) is 4.81. The minimum absolute atomic E-state index is 0.0104. The number of piperidine rings is 1. The molecule has 0 radical (unpaired) electrons. The summed E-state index contributed by atoms with van der Waals surface area (Å²) < 4.78 is 11.7. The Morgan fingerprint density at radius 3 is 2.59 bits per heavy atom. The zero-order valence-corrected chi connectivity index (χ0v) is 20.5. The third kappa shape index (κ3) is 6.51. The molecule has 34 heavy (non-hydrogen) atoms. The summed E-state index contributed by atoms with van der Waals surface area (Å²) in [7, 11) is 1.83. The number of benzene rings is 2. The van der Waals surface area contributed by atoms with E-state index < -0.39 is 0 Å². The quantitative estimate of drug-likeness (QED) is 0.584. The summed E-state index contributed by atoms with van der Waals surface area (Å²) in [6, 6.07) is 17.3. The van der Waals surface area contributed by atoms with Crippen LogP contribution in [0.1, 0.15) is 31.2 Å². The van der Waals surface area contributed by atoms with Gasteiger partial charge in [0.2, 0.25) is 11.8 Å². The average molecular weight is 485 g/mol. The highest BCUT2D eigenvalue weighted by atomic mass is 35.5. The van der Waals surface area contributed by atoms with E-state index in [-0.39, 0.29) is 29.8 Å². The van der Waals surface area contributed by atoms with E-state index in [1.54, 1.807) is 11.0 Å². The zero-order valence-electron chi connectivity index (χ0n) is 19.7. The molecule has 6 nitrogen and oxygen atoms in total. The van der Waals surface area contributed by atoms with Crippen LogP contribution in [0.3, 0.4) is 0 Å². The molecule has 4 rings (SSSR count).